The number of para-hydroxylation sites is 1. The molecule has 2 aromatic rings. The SMILES string of the molecule is CCc1cccc(CC)c1NC(=O)[C@@H](CC)N(c1ccc(OC)cc1)S(C)(=O)=O. The summed E-state index contributed by atoms with van der Waals surface area (Å²) >= 11 is 0. The molecule has 29 heavy (non-hydrogen) atoms. The van der Waals surface area contributed by atoms with E-state index < -0.39 is 16.1 Å². The number of hydrogen-bond donors (Lipinski definition) is 1. The molecule has 158 valence electrons. The summed E-state index contributed by atoms with van der Waals surface area (Å²) in [6.45, 7) is 5.86. The van der Waals surface area contributed by atoms with Crippen LogP contribution in [0.15, 0.2) is 42.5 Å². The fourth-order valence-corrected chi connectivity index (χ4v) is 4.61. The zero-order valence-electron chi connectivity index (χ0n) is 17.7. The van der Waals surface area contributed by atoms with Gasteiger partial charge < -0.3 is 10.1 Å². The van der Waals surface area contributed by atoms with E-state index in [0.717, 1.165) is 35.9 Å². The maximum atomic E-state index is 13.2. The van der Waals surface area contributed by atoms with Crippen LogP contribution < -0.4 is 14.4 Å². The number of benzene rings is 2. The van der Waals surface area contributed by atoms with Gasteiger partial charge in [-0.3, -0.25) is 9.10 Å². The molecule has 0 saturated carbocycles. The highest BCUT2D eigenvalue weighted by atomic mass is 32.2. The first-order valence-corrected chi connectivity index (χ1v) is 11.7. The maximum absolute atomic E-state index is 13.2. The number of rotatable bonds is 9. The smallest absolute Gasteiger partial charge is 0.248 e. The van der Waals surface area contributed by atoms with Gasteiger partial charge in [0, 0.05) is 5.69 Å². The third kappa shape index (κ3) is 5.29. The van der Waals surface area contributed by atoms with Gasteiger partial charge in [0.2, 0.25) is 15.9 Å². The van der Waals surface area contributed by atoms with Crippen LogP contribution in [0.3, 0.4) is 0 Å². The Morgan fingerprint density at radius 1 is 1.03 bits per heavy atom. The van der Waals surface area contributed by atoms with Crippen LogP contribution >= 0.6 is 0 Å². The number of anilines is 2. The first kappa shape index (κ1) is 22.7. The van der Waals surface area contributed by atoms with Crippen LogP contribution in [0.1, 0.15) is 38.3 Å². The molecule has 1 N–H and O–H groups in total. The van der Waals surface area contributed by atoms with Crippen LogP contribution in [0.5, 0.6) is 5.75 Å². The Morgan fingerprint density at radius 3 is 2.00 bits per heavy atom. The summed E-state index contributed by atoms with van der Waals surface area (Å²) in [5.74, 6) is 0.272. The van der Waals surface area contributed by atoms with Gasteiger partial charge in [-0.25, -0.2) is 8.42 Å². The summed E-state index contributed by atoms with van der Waals surface area (Å²) in [6, 6.07) is 11.7. The van der Waals surface area contributed by atoms with Crippen molar-refractivity contribution in [3.05, 3.63) is 53.6 Å². The summed E-state index contributed by atoms with van der Waals surface area (Å²) in [5.41, 5.74) is 3.27. The van der Waals surface area contributed by atoms with E-state index in [1.165, 1.54) is 4.31 Å². The van der Waals surface area contributed by atoms with Crippen molar-refractivity contribution in [2.75, 3.05) is 23.0 Å². The molecule has 0 unspecified atom stereocenters. The number of hydrogen-bond acceptors (Lipinski definition) is 4. The van der Waals surface area contributed by atoms with Crippen molar-refractivity contribution in [2.45, 2.75) is 46.1 Å². The summed E-state index contributed by atoms with van der Waals surface area (Å²) in [7, 11) is -2.14. The average Bonchev–Trinajstić information content (AvgIpc) is 2.71. The van der Waals surface area contributed by atoms with E-state index in [1.807, 2.05) is 32.0 Å². The summed E-state index contributed by atoms with van der Waals surface area (Å²) in [6.07, 6.45) is 2.99. The lowest BCUT2D eigenvalue weighted by molar-refractivity contribution is -0.117. The van der Waals surface area contributed by atoms with Crippen LogP contribution in [-0.4, -0.2) is 33.7 Å². The number of nitrogens with zero attached hydrogens (tertiary/aromatic N) is 1. The average molecular weight is 419 g/mol. The topological polar surface area (TPSA) is 75.7 Å². The second kappa shape index (κ2) is 9.78. The second-order valence-corrected chi connectivity index (χ2v) is 8.69. The molecule has 7 heteroatoms. The van der Waals surface area contributed by atoms with E-state index in [9.17, 15) is 13.2 Å². The largest absolute Gasteiger partial charge is 0.497 e. The van der Waals surface area contributed by atoms with Crippen molar-refractivity contribution in [1.29, 1.82) is 0 Å². The first-order valence-electron chi connectivity index (χ1n) is 9.81. The van der Waals surface area contributed by atoms with E-state index in [0.29, 0.717) is 17.9 Å². The lowest BCUT2D eigenvalue weighted by atomic mass is 10.0. The van der Waals surface area contributed by atoms with Crippen molar-refractivity contribution in [3.63, 3.8) is 0 Å². The Bertz CT molecular complexity index is 918. The highest BCUT2D eigenvalue weighted by Crippen LogP contribution is 2.27. The third-order valence-corrected chi connectivity index (χ3v) is 6.08. The minimum Gasteiger partial charge on any atom is -0.497 e. The molecule has 0 fully saturated rings. The Balaban J connectivity index is 2.44. The van der Waals surface area contributed by atoms with Gasteiger partial charge in [-0.15, -0.1) is 0 Å². The van der Waals surface area contributed by atoms with Gasteiger partial charge in [0.15, 0.2) is 0 Å². The molecule has 0 radical (unpaired) electrons. The van der Waals surface area contributed by atoms with Crippen LogP contribution in [0.25, 0.3) is 0 Å². The molecule has 0 aromatic heterocycles. The van der Waals surface area contributed by atoms with Gasteiger partial charge >= 0.3 is 0 Å². The molecule has 6 nitrogen and oxygen atoms in total. The van der Waals surface area contributed by atoms with E-state index >= 15 is 0 Å². The molecule has 1 atom stereocenters. The second-order valence-electron chi connectivity index (χ2n) is 6.83. The lowest BCUT2D eigenvalue weighted by Gasteiger charge is -2.30. The first-order chi connectivity index (χ1) is 13.8. The number of aryl methyl sites for hydroxylation is 2. The summed E-state index contributed by atoms with van der Waals surface area (Å²) < 4.78 is 31.5. The number of sulfonamides is 1. The normalized spacial score (nSPS) is 12.3. The molecule has 0 heterocycles. The van der Waals surface area contributed by atoms with Gasteiger partial charge in [0.1, 0.15) is 11.8 Å². The van der Waals surface area contributed by atoms with Crippen molar-refractivity contribution in [2.24, 2.45) is 0 Å². The Kier molecular flexibility index (Phi) is 7.67. The highest BCUT2D eigenvalue weighted by Gasteiger charge is 2.32. The van der Waals surface area contributed by atoms with Crippen LogP contribution in [0.2, 0.25) is 0 Å². The minimum atomic E-state index is -3.69. The van der Waals surface area contributed by atoms with E-state index in [1.54, 1.807) is 38.3 Å². The number of carbonyl (C=O) groups excluding carboxylic acids is 1. The standard InChI is InChI=1S/C22H30N2O4S/c1-6-16-10-9-11-17(7-2)21(16)23-22(25)20(8-3)24(29(5,26)27)18-12-14-19(28-4)15-13-18/h9-15,20H,6-8H2,1-5H3,(H,23,25)/t20-/m1/s1. The lowest BCUT2D eigenvalue weighted by Crippen LogP contribution is -2.47. The Morgan fingerprint density at radius 2 is 1.59 bits per heavy atom. The van der Waals surface area contributed by atoms with Gasteiger partial charge in [-0.1, -0.05) is 39.0 Å². The molecule has 0 aliphatic heterocycles. The van der Waals surface area contributed by atoms with E-state index in [4.69, 9.17) is 4.74 Å². The maximum Gasteiger partial charge on any atom is 0.248 e. The number of ether oxygens (including phenoxy) is 1. The van der Waals surface area contributed by atoms with Crippen LogP contribution in [0.4, 0.5) is 11.4 Å². The summed E-state index contributed by atoms with van der Waals surface area (Å²) in [4.78, 5) is 13.2. The molecule has 2 rings (SSSR count). The van der Waals surface area contributed by atoms with Crippen LogP contribution in [0, 0.1) is 0 Å². The Hall–Kier alpha value is -2.54. The number of methoxy groups -OCH3 is 1. The van der Waals surface area contributed by atoms with Crippen molar-refractivity contribution >= 4 is 27.3 Å². The fourth-order valence-electron chi connectivity index (χ4n) is 3.40. The van der Waals surface area contributed by atoms with Gasteiger partial charge in [0.25, 0.3) is 0 Å². The van der Waals surface area contributed by atoms with Crippen molar-refractivity contribution in [3.8, 4) is 5.75 Å². The Labute approximate surface area is 173 Å². The molecule has 1 amide bonds. The predicted octanol–water partition coefficient (Wildman–Crippen LogP) is 4.00. The number of nitrogens with one attached hydrogen (secondary N) is 1. The molecular weight excluding hydrogens is 388 g/mol. The van der Waals surface area contributed by atoms with Gasteiger partial charge in [-0.05, 0) is 54.7 Å². The molecule has 0 saturated heterocycles. The third-order valence-electron chi connectivity index (χ3n) is 4.90. The monoisotopic (exact) mass is 418 g/mol. The minimum absolute atomic E-state index is 0.334. The van der Waals surface area contributed by atoms with Gasteiger partial charge in [-0.2, -0.15) is 0 Å². The molecule has 0 spiro atoms. The number of amides is 1. The predicted molar refractivity (Wildman–Crippen MR) is 118 cm³/mol. The van der Waals surface area contributed by atoms with Crippen LogP contribution in [-0.2, 0) is 27.7 Å². The number of carbonyl (C=O) groups is 1. The molecular formula is C22H30N2O4S. The van der Waals surface area contributed by atoms with E-state index in [-0.39, 0.29) is 5.91 Å². The summed E-state index contributed by atoms with van der Waals surface area (Å²) in [5, 5.41) is 3.01. The van der Waals surface area contributed by atoms with E-state index in [2.05, 4.69) is 5.32 Å². The van der Waals surface area contributed by atoms with Gasteiger partial charge in [0.05, 0.1) is 19.1 Å². The van der Waals surface area contributed by atoms with Crippen molar-refractivity contribution < 1.29 is 17.9 Å². The fraction of sp³-hybridized carbons (Fsp3) is 0.409. The molecule has 0 bridgehead atoms. The molecule has 2 aromatic carbocycles. The van der Waals surface area contributed by atoms with Crippen molar-refractivity contribution in [1.82, 2.24) is 0 Å². The highest BCUT2D eigenvalue weighted by molar-refractivity contribution is 7.92. The molecule has 0 aliphatic rings. The zero-order valence-corrected chi connectivity index (χ0v) is 18.5. The zero-order chi connectivity index (χ0) is 21.6. The quantitative estimate of drug-likeness (QED) is 0.668. The molecule has 0 aliphatic carbocycles.